The summed E-state index contributed by atoms with van der Waals surface area (Å²) in [7, 11) is 0. The van der Waals surface area contributed by atoms with E-state index in [-0.39, 0.29) is 0 Å². The molecule has 0 radical (unpaired) electrons. The monoisotopic (exact) mass is 195 g/mol. The first kappa shape index (κ1) is 10.5. The normalized spacial score (nSPS) is 39.2. The highest BCUT2D eigenvalue weighted by Crippen LogP contribution is 2.42. The summed E-state index contributed by atoms with van der Waals surface area (Å²) in [5.74, 6) is 1.89. The summed E-state index contributed by atoms with van der Waals surface area (Å²) < 4.78 is 0. The van der Waals surface area contributed by atoms with E-state index in [0.717, 1.165) is 17.9 Å². The van der Waals surface area contributed by atoms with Crippen LogP contribution in [-0.4, -0.2) is 12.6 Å². The van der Waals surface area contributed by atoms with Crippen LogP contribution in [-0.2, 0) is 0 Å². The number of hydrogen-bond donors (Lipinski definition) is 1. The molecule has 2 fully saturated rings. The van der Waals surface area contributed by atoms with Crippen molar-refractivity contribution in [3.05, 3.63) is 0 Å². The van der Waals surface area contributed by atoms with Crippen LogP contribution in [0.5, 0.6) is 0 Å². The standard InChI is InChI=1S/C13H25N/c1-13(2,3)11-8-4-6-10-7-5-9-14-12(10)11/h10-12,14H,4-9H2,1-3H3/t10-,11+,12-/m1/s1. The fourth-order valence-corrected chi connectivity index (χ4v) is 3.53. The Bertz CT molecular complexity index is 190. The van der Waals surface area contributed by atoms with Gasteiger partial charge in [0.05, 0.1) is 0 Å². The molecule has 14 heavy (non-hydrogen) atoms. The van der Waals surface area contributed by atoms with Gasteiger partial charge < -0.3 is 5.32 Å². The van der Waals surface area contributed by atoms with Crippen LogP contribution in [0, 0.1) is 17.3 Å². The van der Waals surface area contributed by atoms with Crippen molar-refractivity contribution in [1.82, 2.24) is 5.32 Å². The summed E-state index contributed by atoms with van der Waals surface area (Å²) in [4.78, 5) is 0. The Balaban J connectivity index is 2.09. The maximum atomic E-state index is 3.78. The van der Waals surface area contributed by atoms with E-state index in [9.17, 15) is 0 Å². The Morgan fingerprint density at radius 3 is 2.43 bits per heavy atom. The van der Waals surface area contributed by atoms with Crippen molar-refractivity contribution in [2.24, 2.45) is 17.3 Å². The molecule has 1 heteroatoms. The average Bonchev–Trinajstić information content (AvgIpc) is 2.15. The summed E-state index contributed by atoms with van der Waals surface area (Å²) in [5.41, 5.74) is 0.494. The Kier molecular flexibility index (Phi) is 2.88. The number of piperidine rings is 1. The number of rotatable bonds is 0. The van der Waals surface area contributed by atoms with Crippen LogP contribution in [0.4, 0.5) is 0 Å². The van der Waals surface area contributed by atoms with Crippen molar-refractivity contribution in [2.75, 3.05) is 6.54 Å². The zero-order valence-corrected chi connectivity index (χ0v) is 9.97. The Hall–Kier alpha value is -0.0400. The predicted octanol–water partition coefficient (Wildman–Crippen LogP) is 3.20. The minimum absolute atomic E-state index is 0.494. The lowest BCUT2D eigenvalue weighted by atomic mass is 9.64. The molecule has 1 aliphatic carbocycles. The second-order valence-electron chi connectivity index (χ2n) is 6.29. The third-order valence-electron chi connectivity index (χ3n) is 4.28. The molecule has 0 unspecified atom stereocenters. The van der Waals surface area contributed by atoms with Crippen LogP contribution in [0.15, 0.2) is 0 Å². The van der Waals surface area contributed by atoms with Crippen molar-refractivity contribution in [2.45, 2.75) is 58.9 Å². The third-order valence-corrected chi connectivity index (χ3v) is 4.28. The summed E-state index contributed by atoms with van der Waals surface area (Å²) in [6, 6.07) is 0.831. The average molecular weight is 195 g/mol. The topological polar surface area (TPSA) is 12.0 Å². The van der Waals surface area contributed by atoms with Crippen LogP contribution in [0.2, 0.25) is 0 Å². The molecule has 2 rings (SSSR count). The number of nitrogens with one attached hydrogen (secondary N) is 1. The van der Waals surface area contributed by atoms with Gasteiger partial charge in [-0.25, -0.2) is 0 Å². The van der Waals surface area contributed by atoms with Crippen molar-refractivity contribution in [3.8, 4) is 0 Å². The lowest BCUT2D eigenvalue weighted by Gasteiger charge is -2.47. The molecule has 1 heterocycles. The van der Waals surface area contributed by atoms with Gasteiger partial charge in [0.25, 0.3) is 0 Å². The highest BCUT2D eigenvalue weighted by atomic mass is 14.9. The SMILES string of the molecule is CC(C)(C)[C@H]1CCC[C@@H]2CCCN[C@H]21. The Morgan fingerprint density at radius 1 is 1.00 bits per heavy atom. The van der Waals surface area contributed by atoms with E-state index >= 15 is 0 Å². The van der Waals surface area contributed by atoms with Gasteiger partial charge in [0.2, 0.25) is 0 Å². The van der Waals surface area contributed by atoms with Crippen molar-refractivity contribution in [3.63, 3.8) is 0 Å². The molecular formula is C13H25N. The lowest BCUT2D eigenvalue weighted by Crippen LogP contribution is -2.52. The quantitative estimate of drug-likeness (QED) is 0.626. The molecule has 0 bridgehead atoms. The van der Waals surface area contributed by atoms with Gasteiger partial charge in [-0.3, -0.25) is 0 Å². The van der Waals surface area contributed by atoms with Crippen LogP contribution in [0.3, 0.4) is 0 Å². The summed E-state index contributed by atoms with van der Waals surface area (Å²) in [6.07, 6.45) is 7.26. The maximum Gasteiger partial charge on any atom is 0.0129 e. The van der Waals surface area contributed by atoms with E-state index in [1.807, 2.05) is 0 Å². The Labute approximate surface area is 88.7 Å². The molecule has 0 amide bonds. The first-order chi connectivity index (χ1) is 6.59. The fraction of sp³-hybridized carbons (Fsp3) is 1.00. The molecule has 2 aliphatic rings. The molecule has 3 atom stereocenters. The zero-order chi connectivity index (χ0) is 10.2. The maximum absolute atomic E-state index is 3.78. The molecule has 0 aromatic heterocycles. The van der Waals surface area contributed by atoms with Gasteiger partial charge in [-0.2, -0.15) is 0 Å². The summed E-state index contributed by atoms with van der Waals surface area (Å²) in [6.45, 7) is 8.50. The molecule has 0 aromatic rings. The molecule has 1 aliphatic heterocycles. The minimum Gasteiger partial charge on any atom is -0.313 e. The molecule has 82 valence electrons. The van der Waals surface area contributed by atoms with E-state index in [4.69, 9.17) is 0 Å². The second-order valence-corrected chi connectivity index (χ2v) is 6.29. The zero-order valence-electron chi connectivity index (χ0n) is 9.97. The van der Waals surface area contributed by atoms with Crippen LogP contribution >= 0.6 is 0 Å². The van der Waals surface area contributed by atoms with Crippen LogP contribution in [0.25, 0.3) is 0 Å². The minimum atomic E-state index is 0.494. The van der Waals surface area contributed by atoms with Crippen molar-refractivity contribution in [1.29, 1.82) is 0 Å². The highest BCUT2D eigenvalue weighted by molar-refractivity contribution is 4.94. The van der Waals surface area contributed by atoms with Crippen molar-refractivity contribution < 1.29 is 0 Å². The predicted molar refractivity (Wildman–Crippen MR) is 61.3 cm³/mol. The van der Waals surface area contributed by atoms with Gasteiger partial charge in [0.1, 0.15) is 0 Å². The molecule has 1 saturated carbocycles. The van der Waals surface area contributed by atoms with E-state index in [1.165, 1.54) is 38.6 Å². The number of fused-ring (bicyclic) bond motifs is 1. The molecule has 1 saturated heterocycles. The van der Waals surface area contributed by atoms with Gasteiger partial charge in [-0.15, -0.1) is 0 Å². The molecular weight excluding hydrogens is 170 g/mol. The molecule has 1 N–H and O–H groups in total. The first-order valence-electron chi connectivity index (χ1n) is 6.32. The smallest absolute Gasteiger partial charge is 0.0129 e. The molecule has 1 nitrogen and oxygen atoms in total. The summed E-state index contributed by atoms with van der Waals surface area (Å²) in [5, 5.41) is 3.78. The van der Waals surface area contributed by atoms with Gasteiger partial charge in [-0.1, -0.05) is 27.2 Å². The van der Waals surface area contributed by atoms with Crippen LogP contribution in [0.1, 0.15) is 52.9 Å². The first-order valence-corrected chi connectivity index (χ1v) is 6.32. The largest absolute Gasteiger partial charge is 0.313 e. The van der Waals surface area contributed by atoms with Gasteiger partial charge in [-0.05, 0) is 49.5 Å². The second kappa shape index (κ2) is 3.84. The lowest BCUT2D eigenvalue weighted by molar-refractivity contribution is 0.0689. The highest BCUT2D eigenvalue weighted by Gasteiger charge is 2.40. The molecule has 0 spiro atoms. The van der Waals surface area contributed by atoms with Gasteiger partial charge >= 0.3 is 0 Å². The summed E-state index contributed by atoms with van der Waals surface area (Å²) >= 11 is 0. The van der Waals surface area contributed by atoms with Gasteiger partial charge in [0.15, 0.2) is 0 Å². The van der Waals surface area contributed by atoms with Gasteiger partial charge in [0, 0.05) is 6.04 Å². The van der Waals surface area contributed by atoms with Crippen molar-refractivity contribution >= 4 is 0 Å². The number of hydrogen-bond acceptors (Lipinski definition) is 1. The Morgan fingerprint density at radius 2 is 1.71 bits per heavy atom. The fourth-order valence-electron chi connectivity index (χ4n) is 3.53. The van der Waals surface area contributed by atoms with E-state index < -0.39 is 0 Å². The van der Waals surface area contributed by atoms with Crippen LogP contribution < -0.4 is 5.32 Å². The molecule has 0 aromatic carbocycles. The van der Waals surface area contributed by atoms with E-state index in [0.29, 0.717) is 5.41 Å². The van der Waals surface area contributed by atoms with E-state index in [2.05, 4.69) is 26.1 Å². The van der Waals surface area contributed by atoms with E-state index in [1.54, 1.807) is 0 Å². The third kappa shape index (κ3) is 1.98.